The summed E-state index contributed by atoms with van der Waals surface area (Å²) in [4.78, 5) is 15.2. The van der Waals surface area contributed by atoms with Gasteiger partial charge < -0.3 is 15.1 Å². The molecule has 4 nitrogen and oxygen atoms in total. The van der Waals surface area contributed by atoms with Crippen LogP contribution in [0.3, 0.4) is 0 Å². The molecule has 23 heavy (non-hydrogen) atoms. The maximum atomic E-state index is 12.2. The first-order valence-corrected chi connectivity index (χ1v) is 8.76. The normalized spacial score (nSPS) is 13.4. The van der Waals surface area contributed by atoms with Gasteiger partial charge in [0.1, 0.15) is 5.75 Å². The number of H-pyrrole nitrogens is 1. The van der Waals surface area contributed by atoms with Crippen LogP contribution in [0.5, 0.6) is 5.75 Å². The number of benzene rings is 1. The van der Waals surface area contributed by atoms with Gasteiger partial charge in [0.05, 0.1) is 17.7 Å². The zero-order chi connectivity index (χ0) is 16.2. The first-order valence-electron chi connectivity index (χ1n) is 7.77. The molecule has 2 aromatic rings. The summed E-state index contributed by atoms with van der Waals surface area (Å²) in [5.41, 5.74) is 3.78. The standard InChI is InChI=1S/C18H20N2O2S/c1-22-16-9-5-2-6-12(16)11-23-18-14-8-4-3-7-13(14)15(10-19)17(21)20-18/h2,5-6,9-10,19H,3-4,7-8,11H2,1H3,(H,20,21). The zero-order valence-corrected chi connectivity index (χ0v) is 14.0. The molecule has 1 aromatic carbocycles. The van der Waals surface area contributed by atoms with Gasteiger partial charge in [0.25, 0.3) is 5.56 Å². The Balaban J connectivity index is 1.93. The number of pyridine rings is 1. The topological polar surface area (TPSA) is 65.9 Å². The van der Waals surface area contributed by atoms with Crippen molar-refractivity contribution in [3.8, 4) is 5.75 Å². The maximum absolute atomic E-state index is 12.2. The lowest BCUT2D eigenvalue weighted by Crippen LogP contribution is -2.21. The molecular weight excluding hydrogens is 308 g/mol. The van der Waals surface area contributed by atoms with Crippen LogP contribution in [0.25, 0.3) is 0 Å². The van der Waals surface area contributed by atoms with Crippen molar-refractivity contribution in [1.82, 2.24) is 4.98 Å². The molecule has 1 aliphatic carbocycles. The average Bonchev–Trinajstić information content (AvgIpc) is 2.60. The van der Waals surface area contributed by atoms with E-state index in [9.17, 15) is 4.79 Å². The van der Waals surface area contributed by atoms with Crippen molar-refractivity contribution in [3.63, 3.8) is 0 Å². The van der Waals surface area contributed by atoms with Gasteiger partial charge in [-0.15, -0.1) is 11.8 Å². The highest BCUT2D eigenvalue weighted by molar-refractivity contribution is 7.98. The lowest BCUT2D eigenvalue weighted by molar-refractivity contribution is 0.411. The molecule has 1 aromatic heterocycles. The van der Waals surface area contributed by atoms with Gasteiger partial charge >= 0.3 is 0 Å². The molecule has 1 aliphatic rings. The average molecular weight is 328 g/mol. The summed E-state index contributed by atoms with van der Waals surface area (Å²) in [6.07, 6.45) is 5.29. The molecule has 3 rings (SSSR count). The van der Waals surface area contributed by atoms with Crippen molar-refractivity contribution in [1.29, 1.82) is 5.41 Å². The van der Waals surface area contributed by atoms with Crippen LogP contribution < -0.4 is 10.3 Å². The predicted molar refractivity (Wildman–Crippen MR) is 94.1 cm³/mol. The number of ether oxygens (including phenoxy) is 1. The molecule has 0 atom stereocenters. The number of aromatic amines is 1. The maximum Gasteiger partial charge on any atom is 0.257 e. The third-order valence-electron chi connectivity index (χ3n) is 4.25. The van der Waals surface area contributed by atoms with Crippen LogP contribution in [0.15, 0.2) is 34.1 Å². The largest absolute Gasteiger partial charge is 0.496 e. The molecule has 2 N–H and O–H groups in total. The summed E-state index contributed by atoms with van der Waals surface area (Å²) >= 11 is 1.64. The second-order valence-electron chi connectivity index (χ2n) is 5.61. The van der Waals surface area contributed by atoms with Crippen LogP contribution in [-0.2, 0) is 18.6 Å². The van der Waals surface area contributed by atoms with E-state index in [-0.39, 0.29) is 5.56 Å². The molecule has 5 heteroatoms. The first-order chi connectivity index (χ1) is 11.2. The van der Waals surface area contributed by atoms with E-state index in [1.54, 1.807) is 18.9 Å². The first kappa shape index (κ1) is 15.9. The summed E-state index contributed by atoms with van der Waals surface area (Å²) in [5, 5.41) is 8.46. The van der Waals surface area contributed by atoms with E-state index in [0.717, 1.165) is 53.3 Å². The van der Waals surface area contributed by atoms with Crippen molar-refractivity contribution >= 4 is 18.0 Å². The highest BCUT2D eigenvalue weighted by Gasteiger charge is 2.19. The molecular formula is C18H20N2O2S. The smallest absolute Gasteiger partial charge is 0.257 e. The number of aromatic nitrogens is 1. The fraction of sp³-hybridized carbons (Fsp3) is 0.333. The van der Waals surface area contributed by atoms with Crippen molar-refractivity contribution < 1.29 is 4.74 Å². The van der Waals surface area contributed by atoms with Crippen LogP contribution in [-0.4, -0.2) is 18.3 Å². The van der Waals surface area contributed by atoms with Crippen LogP contribution in [0.2, 0.25) is 0 Å². The van der Waals surface area contributed by atoms with Crippen molar-refractivity contribution in [2.75, 3.05) is 7.11 Å². The molecule has 0 unspecified atom stereocenters. The fourth-order valence-electron chi connectivity index (χ4n) is 3.08. The van der Waals surface area contributed by atoms with E-state index in [1.807, 2.05) is 24.3 Å². The fourth-order valence-corrected chi connectivity index (χ4v) is 4.19. The van der Waals surface area contributed by atoms with Gasteiger partial charge in [0.2, 0.25) is 0 Å². The number of hydrogen-bond acceptors (Lipinski definition) is 4. The summed E-state index contributed by atoms with van der Waals surface area (Å²) < 4.78 is 5.39. The Labute approximate surface area is 139 Å². The van der Waals surface area contributed by atoms with Gasteiger partial charge in [-0.05, 0) is 42.9 Å². The lowest BCUT2D eigenvalue weighted by atomic mass is 9.90. The number of rotatable bonds is 5. The summed E-state index contributed by atoms with van der Waals surface area (Å²) in [6, 6.07) is 7.94. The Bertz CT molecular complexity index is 783. The van der Waals surface area contributed by atoms with Crippen LogP contribution >= 0.6 is 11.8 Å². The monoisotopic (exact) mass is 328 g/mol. The Morgan fingerprint density at radius 2 is 2.00 bits per heavy atom. The molecule has 1 heterocycles. The Morgan fingerprint density at radius 3 is 2.74 bits per heavy atom. The molecule has 120 valence electrons. The van der Waals surface area contributed by atoms with Crippen LogP contribution in [0.4, 0.5) is 0 Å². The number of hydrogen-bond donors (Lipinski definition) is 2. The molecule has 0 bridgehead atoms. The van der Waals surface area contributed by atoms with Gasteiger partial charge in [-0.25, -0.2) is 0 Å². The minimum absolute atomic E-state index is 0.150. The SMILES string of the molecule is COc1ccccc1CSc1[nH]c(=O)c(C=N)c2c1CCCC2. The van der Waals surface area contributed by atoms with E-state index in [4.69, 9.17) is 10.1 Å². The van der Waals surface area contributed by atoms with Crippen molar-refractivity contribution in [2.45, 2.75) is 36.5 Å². The lowest BCUT2D eigenvalue weighted by Gasteiger charge is -2.20. The molecule has 0 aliphatic heterocycles. The minimum Gasteiger partial charge on any atom is -0.496 e. The van der Waals surface area contributed by atoms with E-state index >= 15 is 0 Å². The molecule has 0 spiro atoms. The zero-order valence-electron chi connectivity index (χ0n) is 13.1. The Hall–Kier alpha value is -2.01. The van der Waals surface area contributed by atoms with E-state index < -0.39 is 0 Å². The number of methoxy groups -OCH3 is 1. The highest BCUT2D eigenvalue weighted by Crippen LogP contribution is 2.33. The van der Waals surface area contributed by atoms with Gasteiger partial charge in [-0.1, -0.05) is 18.2 Å². The number of para-hydroxylation sites is 1. The highest BCUT2D eigenvalue weighted by atomic mass is 32.2. The van der Waals surface area contributed by atoms with E-state index in [1.165, 1.54) is 11.8 Å². The second-order valence-corrected chi connectivity index (χ2v) is 6.59. The molecule has 0 amide bonds. The minimum atomic E-state index is -0.150. The van der Waals surface area contributed by atoms with Crippen molar-refractivity contribution in [3.05, 3.63) is 56.9 Å². The number of nitrogens with one attached hydrogen (secondary N) is 2. The van der Waals surface area contributed by atoms with Crippen LogP contribution in [0, 0.1) is 5.41 Å². The van der Waals surface area contributed by atoms with Gasteiger partial charge in [0, 0.05) is 17.5 Å². The molecule has 0 saturated carbocycles. The third-order valence-corrected chi connectivity index (χ3v) is 5.34. The quantitative estimate of drug-likeness (QED) is 0.651. The Morgan fingerprint density at radius 1 is 1.26 bits per heavy atom. The second kappa shape index (κ2) is 7.04. The predicted octanol–water partition coefficient (Wildman–Crippen LogP) is 3.55. The summed E-state index contributed by atoms with van der Waals surface area (Å²) in [7, 11) is 1.67. The Kier molecular flexibility index (Phi) is 4.86. The number of fused-ring (bicyclic) bond motifs is 1. The molecule has 0 saturated heterocycles. The van der Waals surface area contributed by atoms with E-state index in [0.29, 0.717) is 5.56 Å². The van der Waals surface area contributed by atoms with E-state index in [2.05, 4.69) is 4.98 Å². The number of thioether (sulfide) groups is 1. The van der Waals surface area contributed by atoms with Gasteiger partial charge in [-0.2, -0.15) is 0 Å². The van der Waals surface area contributed by atoms with Gasteiger partial charge in [0.15, 0.2) is 0 Å². The van der Waals surface area contributed by atoms with Crippen molar-refractivity contribution in [2.24, 2.45) is 0 Å². The molecule has 0 radical (unpaired) electrons. The third kappa shape index (κ3) is 3.20. The molecule has 0 fully saturated rings. The summed E-state index contributed by atoms with van der Waals surface area (Å²) in [5.74, 6) is 1.61. The van der Waals surface area contributed by atoms with Gasteiger partial charge in [-0.3, -0.25) is 4.79 Å². The van der Waals surface area contributed by atoms with Crippen LogP contribution in [0.1, 0.15) is 35.1 Å². The summed E-state index contributed by atoms with van der Waals surface area (Å²) in [6.45, 7) is 0.